The molecule has 12 nitrogen and oxygen atoms in total. The van der Waals surface area contributed by atoms with Crippen LogP contribution in [0.25, 0.3) is 0 Å². The first-order valence-electron chi connectivity index (χ1n) is 9.27. The first kappa shape index (κ1) is 23.2. The number of ether oxygens (including phenoxy) is 4. The van der Waals surface area contributed by atoms with Crippen LogP contribution < -0.4 is 9.47 Å². The Morgan fingerprint density at radius 2 is 1.59 bits per heavy atom. The molecule has 1 saturated heterocycles. The van der Waals surface area contributed by atoms with E-state index in [1.807, 2.05) is 0 Å². The minimum atomic E-state index is -1.72. The molecule has 7 N–H and O–H groups in total. The smallest absolute Gasteiger partial charge is 0.338 e. The number of methoxy groups -OCH3 is 1. The maximum absolute atomic E-state index is 12.2. The summed E-state index contributed by atoms with van der Waals surface area (Å²) >= 11 is 0. The van der Waals surface area contributed by atoms with Crippen LogP contribution in [0.4, 0.5) is 0 Å². The third kappa shape index (κ3) is 4.73. The Bertz CT molecular complexity index is 954. The van der Waals surface area contributed by atoms with Crippen molar-refractivity contribution in [3.8, 4) is 34.5 Å². The highest BCUT2D eigenvalue weighted by Crippen LogP contribution is 2.36. The molecular formula is C20H22O12. The number of aliphatic hydroxyl groups is 3. The number of rotatable bonds is 6. The van der Waals surface area contributed by atoms with E-state index in [0.717, 1.165) is 12.1 Å². The second-order valence-electron chi connectivity index (χ2n) is 6.93. The average Bonchev–Trinajstić information content (AvgIpc) is 2.77. The number of phenols is 4. The summed E-state index contributed by atoms with van der Waals surface area (Å²) < 4.78 is 21.0. The van der Waals surface area contributed by atoms with E-state index in [1.165, 1.54) is 25.3 Å². The third-order valence-electron chi connectivity index (χ3n) is 4.74. The van der Waals surface area contributed by atoms with Crippen LogP contribution in [0, 0.1) is 0 Å². The van der Waals surface area contributed by atoms with E-state index < -0.39 is 60.5 Å². The molecule has 1 aliphatic rings. The van der Waals surface area contributed by atoms with E-state index in [2.05, 4.69) is 0 Å². The molecule has 0 saturated carbocycles. The molecule has 0 radical (unpaired) electrons. The predicted molar refractivity (Wildman–Crippen MR) is 104 cm³/mol. The van der Waals surface area contributed by atoms with Gasteiger partial charge >= 0.3 is 5.97 Å². The van der Waals surface area contributed by atoms with Crippen molar-refractivity contribution in [3.05, 3.63) is 35.9 Å². The second-order valence-corrected chi connectivity index (χ2v) is 6.93. The minimum Gasteiger partial charge on any atom is -0.508 e. The van der Waals surface area contributed by atoms with Crippen LogP contribution in [0.5, 0.6) is 34.5 Å². The van der Waals surface area contributed by atoms with Crippen molar-refractivity contribution in [3.63, 3.8) is 0 Å². The van der Waals surface area contributed by atoms with Gasteiger partial charge in [-0.1, -0.05) is 0 Å². The number of hydrogen-bond acceptors (Lipinski definition) is 12. The summed E-state index contributed by atoms with van der Waals surface area (Å²) in [6.45, 7) is -0.598. The summed E-state index contributed by atoms with van der Waals surface area (Å²) in [5, 5.41) is 68.4. The van der Waals surface area contributed by atoms with Crippen LogP contribution in [-0.2, 0) is 9.47 Å². The second kappa shape index (κ2) is 9.36. The summed E-state index contributed by atoms with van der Waals surface area (Å²) in [5.74, 6) is -3.29. The standard InChI is InChI=1S/C20H22O12/c1-29-13-6-9(21)2-3-12(13)31-20-18(27)17(26)16(25)14(32-20)7-30-19(28)8-4-10(22)15(24)11(23)5-8/h2-6,14,16-18,20-27H,7H2,1H3/t14-,16-,17+,18-,20-/m1/s1. The van der Waals surface area contributed by atoms with Crippen molar-refractivity contribution in [2.24, 2.45) is 0 Å². The topological polar surface area (TPSA) is 196 Å². The summed E-state index contributed by atoms with van der Waals surface area (Å²) in [5.41, 5.74) is -0.301. The molecule has 1 heterocycles. The number of hydrogen-bond donors (Lipinski definition) is 7. The van der Waals surface area contributed by atoms with Gasteiger partial charge in [-0.15, -0.1) is 0 Å². The van der Waals surface area contributed by atoms with E-state index in [1.54, 1.807) is 0 Å². The van der Waals surface area contributed by atoms with Gasteiger partial charge in [0.2, 0.25) is 6.29 Å². The molecule has 0 unspecified atom stereocenters. The van der Waals surface area contributed by atoms with E-state index in [4.69, 9.17) is 18.9 Å². The van der Waals surface area contributed by atoms with Gasteiger partial charge in [-0.25, -0.2) is 4.79 Å². The number of phenolic OH excluding ortho intramolecular Hbond substituents is 4. The lowest BCUT2D eigenvalue weighted by atomic mass is 9.99. The van der Waals surface area contributed by atoms with Gasteiger partial charge in [-0.05, 0) is 24.3 Å². The van der Waals surface area contributed by atoms with Crippen LogP contribution >= 0.6 is 0 Å². The lowest BCUT2D eigenvalue weighted by Crippen LogP contribution is -2.60. The van der Waals surface area contributed by atoms with Gasteiger partial charge in [0, 0.05) is 6.07 Å². The number of benzene rings is 2. The van der Waals surface area contributed by atoms with E-state index in [-0.39, 0.29) is 22.8 Å². The Labute approximate surface area is 181 Å². The van der Waals surface area contributed by atoms with E-state index >= 15 is 0 Å². The number of carbonyl (C=O) groups excluding carboxylic acids is 1. The monoisotopic (exact) mass is 454 g/mol. The summed E-state index contributed by atoms with van der Waals surface area (Å²) in [6.07, 6.45) is -7.88. The van der Waals surface area contributed by atoms with Gasteiger partial charge in [-0.3, -0.25) is 0 Å². The summed E-state index contributed by atoms with van der Waals surface area (Å²) in [7, 11) is 1.32. The maximum Gasteiger partial charge on any atom is 0.338 e. The molecule has 3 rings (SSSR count). The van der Waals surface area contributed by atoms with Gasteiger partial charge in [0.15, 0.2) is 28.7 Å². The minimum absolute atomic E-state index is 0.0590. The lowest BCUT2D eigenvalue weighted by Gasteiger charge is -2.40. The SMILES string of the molecule is COc1cc(O)ccc1O[C@@H]1O[C@H](COC(=O)c2cc(O)c(O)c(O)c2)[C@@H](O)[C@H](O)[C@H]1O. The van der Waals surface area contributed by atoms with Crippen molar-refractivity contribution >= 4 is 5.97 Å². The molecule has 174 valence electrons. The van der Waals surface area contributed by atoms with Gasteiger partial charge < -0.3 is 54.7 Å². The number of carbonyl (C=O) groups is 1. The highest BCUT2D eigenvalue weighted by atomic mass is 16.7. The number of aliphatic hydroxyl groups excluding tert-OH is 3. The number of aromatic hydroxyl groups is 4. The Balaban J connectivity index is 1.71. The molecule has 32 heavy (non-hydrogen) atoms. The molecule has 1 aliphatic heterocycles. The van der Waals surface area contributed by atoms with Crippen molar-refractivity contribution in [2.75, 3.05) is 13.7 Å². The van der Waals surface area contributed by atoms with Crippen LogP contribution in [0.1, 0.15) is 10.4 Å². The van der Waals surface area contributed by atoms with Crippen LogP contribution in [0.3, 0.4) is 0 Å². The molecule has 0 aliphatic carbocycles. The van der Waals surface area contributed by atoms with Crippen LogP contribution in [-0.4, -0.2) is 86.1 Å². The van der Waals surface area contributed by atoms with Crippen molar-refractivity contribution in [2.45, 2.75) is 30.7 Å². The first-order chi connectivity index (χ1) is 15.1. The molecule has 2 aromatic rings. The lowest BCUT2D eigenvalue weighted by molar-refractivity contribution is -0.277. The Morgan fingerprint density at radius 3 is 2.22 bits per heavy atom. The van der Waals surface area contributed by atoms with Crippen LogP contribution in [0.2, 0.25) is 0 Å². The normalized spacial score (nSPS) is 25.2. The summed E-state index contributed by atoms with van der Waals surface area (Å²) in [4.78, 5) is 12.2. The molecule has 1 fully saturated rings. The quantitative estimate of drug-likeness (QED) is 0.220. The zero-order valence-corrected chi connectivity index (χ0v) is 16.7. The molecule has 0 bridgehead atoms. The Morgan fingerprint density at radius 1 is 0.938 bits per heavy atom. The Kier molecular flexibility index (Phi) is 6.79. The molecule has 12 heteroatoms. The average molecular weight is 454 g/mol. The summed E-state index contributed by atoms with van der Waals surface area (Å²) in [6, 6.07) is 5.59. The molecule has 0 aromatic heterocycles. The fraction of sp³-hybridized carbons (Fsp3) is 0.350. The molecule has 5 atom stereocenters. The zero-order valence-electron chi connectivity index (χ0n) is 16.7. The van der Waals surface area contributed by atoms with Gasteiger partial charge in [-0.2, -0.15) is 0 Å². The first-order valence-corrected chi connectivity index (χ1v) is 9.27. The largest absolute Gasteiger partial charge is 0.508 e. The van der Waals surface area contributed by atoms with Crippen molar-refractivity contribution in [1.29, 1.82) is 0 Å². The molecule has 0 amide bonds. The van der Waals surface area contributed by atoms with E-state index in [0.29, 0.717) is 0 Å². The van der Waals surface area contributed by atoms with Crippen LogP contribution in [0.15, 0.2) is 30.3 Å². The zero-order chi connectivity index (χ0) is 23.6. The highest BCUT2D eigenvalue weighted by molar-refractivity contribution is 5.91. The van der Waals surface area contributed by atoms with Crippen molar-refractivity contribution in [1.82, 2.24) is 0 Å². The third-order valence-corrected chi connectivity index (χ3v) is 4.74. The van der Waals surface area contributed by atoms with Gasteiger partial charge in [0.1, 0.15) is 36.8 Å². The number of esters is 1. The maximum atomic E-state index is 12.2. The molecular weight excluding hydrogens is 432 g/mol. The molecule has 2 aromatic carbocycles. The van der Waals surface area contributed by atoms with Crippen molar-refractivity contribution < 1.29 is 59.5 Å². The fourth-order valence-electron chi connectivity index (χ4n) is 2.99. The molecule has 0 spiro atoms. The predicted octanol–water partition coefficient (Wildman–Crippen LogP) is -0.439. The Hall–Kier alpha value is -3.45. The van der Waals surface area contributed by atoms with Gasteiger partial charge in [0.25, 0.3) is 0 Å². The fourth-order valence-corrected chi connectivity index (χ4v) is 2.99. The van der Waals surface area contributed by atoms with E-state index in [9.17, 15) is 40.5 Å². The van der Waals surface area contributed by atoms with Gasteiger partial charge in [0.05, 0.1) is 12.7 Å². The highest BCUT2D eigenvalue weighted by Gasteiger charge is 2.45.